The molecule has 0 saturated carbocycles. The van der Waals surface area contributed by atoms with Crippen LogP contribution in [0.5, 0.6) is 0 Å². The van der Waals surface area contributed by atoms with Gasteiger partial charge in [0.2, 0.25) is 0 Å². The number of carbonyl (C=O) groups is 1. The van der Waals surface area contributed by atoms with Crippen LogP contribution in [-0.2, 0) is 14.1 Å². The van der Waals surface area contributed by atoms with Crippen molar-refractivity contribution in [3.8, 4) is 6.07 Å². The number of ether oxygens (including phenoxy) is 1. The normalized spacial score (nSPS) is 18.3. The first-order chi connectivity index (χ1) is 6.80. The van der Waals surface area contributed by atoms with E-state index in [4.69, 9.17) is 10.00 Å². The summed E-state index contributed by atoms with van der Waals surface area (Å²) in [5.74, 6) is -0.941. The molecule has 0 aromatic rings. The minimum absolute atomic E-state index is 0.00495. The molecule has 0 radical (unpaired) electrons. The van der Waals surface area contributed by atoms with Crippen molar-refractivity contribution in [2.75, 3.05) is 12.8 Å². The molecule has 0 aromatic heterocycles. The molecule has 0 aliphatic heterocycles. The Morgan fingerprint density at radius 2 is 2.20 bits per heavy atom. The van der Waals surface area contributed by atoms with Crippen LogP contribution in [0.25, 0.3) is 0 Å². The molecule has 5 nitrogen and oxygen atoms in total. The molecular formula is C9H16NO4P. The summed E-state index contributed by atoms with van der Waals surface area (Å²) in [6.07, 6.45) is -0.424. The largest absolute Gasteiger partial charge is 0.447 e. The fraction of sp³-hybridized carbons (Fsp3) is 0.778. The van der Waals surface area contributed by atoms with Crippen LogP contribution >= 0.6 is 7.37 Å². The van der Waals surface area contributed by atoms with Gasteiger partial charge in [0.25, 0.3) is 0 Å². The lowest BCUT2D eigenvalue weighted by atomic mass is 10.0. The maximum absolute atomic E-state index is 11.2. The highest BCUT2D eigenvalue weighted by molar-refractivity contribution is 7.57. The average Bonchev–Trinajstić information content (AvgIpc) is 2.08. The summed E-state index contributed by atoms with van der Waals surface area (Å²) >= 11 is 0. The Balaban J connectivity index is 4.56. The minimum Gasteiger partial charge on any atom is -0.447 e. The second-order valence-electron chi connectivity index (χ2n) is 3.56. The van der Waals surface area contributed by atoms with E-state index in [9.17, 15) is 14.3 Å². The molecule has 0 aliphatic rings. The van der Waals surface area contributed by atoms with Crippen LogP contribution < -0.4 is 0 Å². The Morgan fingerprint density at radius 3 is 2.47 bits per heavy atom. The van der Waals surface area contributed by atoms with Crippen LogP contribution in [0, 0.1) is 17.2 Å². The second-order valence-corrected chi connectivity index (χ2v) is 6.03. The molecule has 3 unspecified atom stereocenters. The van der Waals surface area contributed by atoms with Crippen LogP contribution in [0.3, 0.4) is 0 Å². The number of rotatable bonds is 5. The Morgan fingerprint density at radius 1 is 1.67 bits per heavy atom. The van der Waals surface area contributed by atoms with Crippen molar-refractivity contribution in [3.63, 3.8) is 0 Å². The Labute approximate surface area is 89.5 Å². The van der Waals surface area contributed by atoms with Crippen molar-refractivity contribution in [3.05, 3.63) is 0 Å². The summed E-state index contributed by atoms with van der Waals surface area (Å²) in [5.41, 5.74) is 0. The van der Waals surface area contributed by atoms with Crippen LogP contribution in [0.15, 0.2) is 0 Å². The van der Waals surface area contributed by atoms with Gasteiger partial charge in [-0.3, -0.25) is 9.36 Å². The molecule has 1 N–H and O–H groups in total. The van der Waals surface area contributed by atoms with Gasteiger partial charge >= 0.3 is 5.97 Å². The van der Waals surface area contributed by atoms with Crippen LogP contribution in [-0.4, -0.2) is 29.8 Å². The minimum atomic E-state index is -3.19. The van der Waals surface area contributed by atoms with E-state index in [1.165, 1.54) is 13.6 Å². The van der Waals surface area contributed by atoms with E-state index in [1.807, 2.05) is 6.07 Å². The number of carbonyl (C=O) groups excluding carboxylic acids is 1. The summed E-state index contributed by atoms with van der Waals surface area (Å²) in [5, 5.41) is 8.77. The van der Waals surface area contributed by atoms with Gasteiger partial charge in [-0.2, -0.15) is 5.26 Å². The first-order valence-corrected chi connectivity index (χ1v) is 6.95. The lowest BCUT2D eigenvalue weighted by Crippen LogP contribution is -2.26. The zero-order valence-electron chi connectivity index (χ0n) is 9.14. The molecule has 0 heterocycles. The maximum Gasteiger partial charge on any atom is 0.303 e. The van der Waals surface area contributed by atoms with Gasteiger partial charge in [-0.1, -0.05) is 6.92 Å². The van der Waals surface area contributed by atoms with Crippen molar-refractivity contribution in [1.82, 2.24) is 0 Å². The molecule has 0 aliphatic carbocycles. The Bertz CT molecular complexity index is 304. The molecule has 86 valence electrons. The predicted molar refractivity (Wildman–Crippen MR) is 55.6 cm³/mol. The van der Waals surface area contributed by atoms with Gasteiger partial charge in [-0.25, -0.2) is 0 Å². The summed E-state index contributed by atoms with van der Waals surface area (Å²) < 4.78 is 16.0. The number of nitriles is 1. The molecule has 0 fully saturated rings. The van der Waals surface area contributed by atoms with Crippen LogP contribution in [0.2, 0.25) is 0 Å². The molecule has 15 heavy (non-hydrogen) atoms. The standard InChI is InChI=1S/C9H16NO4P/c1-4-8(6-15(3,12)13)9(5-10)14-7(2)11/h8-9H,4,6H2,1-3H3,(H,12,13). The number of esters is 1. The summed E-state index contributed by atoms with van der Waals surface area (Å²) in [7, 11) is -3.19. The first-order valence-electron chi connectivity index (χ1n) is 4.66. The zero-order chi connectivity index (χ0) is 12.1. The van der Waals surface area contributed by atoms with Gasteiger partial charge in [-0.15, -0.1) is 0 Å². The molecule has 6 heteroatoms. The van der Waals surface area contributed by atoms with Crippen LogP contribution in [0.4, 0.5) is 0 Å². The summed E-state index contributed by atoms with van der Waals surface area (Å²) in [6, 6.07) is 1.83. The van der Waals surface area contributed by atoms with Gasteiger partial charge in [0, 0.05) is 25.7 Å². The smallest absolute Gasteiger partial charge is 0.303 e. The van der Waals surface area contributed by atoms with E-state index >= 15 is 0 Å². The lowest BCUT2D eigenvalue weighted by Gasteiger charge is -2.21. The van der Waals surface area contributed by atoms with Crippen molar-refractivity contribution < 1.29 is 19.0 Å². The van der Waals surface area contributed by atoms with Gasteiger partial charge in [-0.05, 0) is 6.42 Å². The highest BCUT2D eigenvalue weighted by Gasteiger charge is 2.27. The number of hydrogen-bond donors (Lipinski definition) is 1. The van der Waals surface area contributed by atoms with E-state index < -0.39 is 19.4 Å². The van der Waals surface area contributed by atoms with E-state index in [2.05, 4.69) is 0 Å². The van der Waals surface area contributed by atoms with Crippen molar-refractivity contribution in [2.24, 2.45) is 5.92 Å². The number of nitrogens with zero attached hydrogens (tertiary/aromatic N) is 1. The van der Waals surface area contributed by atoms with Gasteiger partial charge in [0.05, 0.1) is 0 Å². The fourth-order valence-corrected chi connectivity index (χ4v) is 2.60. The van der Waals surface area contributed by atoms with E-state index in [-0.39, 0.29) is 12.1 Å². The zero-order valence-corrected chi connectivity index (χ0v) is 10.0. The van der Waals surface area contributed by atoms with E-state index in [0.29, 0.717) is 6.42 Å². The molecule has 0 saturated heterocycles. The quantitative estimate of drug-likeness (QED) is 0.572. The summed E-state index contributed by atoms with van der Waals surface area (Å²) in [4.78, 5) is 19.9. The molecule has 0 rings (SSSR count). The third-order valence-electron chi connectivity index (χ3n) is 1.95. The molecular weight excluding hydrogens is 217 g/mol. The van der Waals surface area contributed by atoms with Crippen LogP contribution in [0.1, 0.15) is 20.3 Å². The van der Waals surface area contributed by atoms with Crippen molar-refractivity contribution >= 4 is 13.3 Å². The molecule has 0 bridgehead atoms. The third-order valence-corrected chi connectivity index (χ3v) is 3.09. The van der Waals surface area contributed by atoms with Gasteiger partial charge in [0.15, 0.2) is 13.5 Å². The molecule has 0 amide bonds. The molecule has 0 aromatic carbocycles. The topological polar surface area (TPSA) is 87.4 Å². The van der Waals surface area contributed by atoms with Gasteiger partial charge < -0.3 is 9.63 Å². The van der Waals surface area contributed by atoms with Crippen molar-refractivity contribution in [1.29, 1.82) is 5.26 Å². The third kappa shape index (κ3) is 6.27. The Hall–Kier alpha value is -0.850. The van der Waals surface area contributed by atoms with Gasteiger partial charge in [0.1, 0.15) is 6.07 Å². The number of hydrogen-bond acceptors (Lipinski definition) is 4. The van der Waals surface area contributed by atoms with E-state index in [1.54, 1.807) is 6.92 Å². The molecule has 3 atom stereocenters. The average molecular weight is 233 g/mol. The second kappa shape index (κ2) is 5.89. The first kappa shape index (κ1) is 14.2. The predicted octanol–water partition coefficient (Wildman–Crippen LogP) is 1.37. The monoisotopic (exact) mass is 233 g/mol. The fourth-order valence-electron chi connectivity index (χ4n) is 1.28. The maximum atomic E-state index is 11.2. The highest BCUT2D eigenvalue weighted by atomic mass is 31.2. The lowest BCUT2D eigenvalue weighted by molar-refractivity contribution is -0.145. The summed E-state index contributed by atoms with van der Waals surface area (Å²) in [6.45, 7) is 4.23. The Kier molecular flexibility index (Phi) is 5.56. The highest BCUT2D eigenvalue weighted by Crippen LogP contribution is 2.39. The van der Waals surface area contributed by atoms with E-state index in [0.717, 1.165) is 0 Å². The van der Waals surface area contributed by atoms with Crippen molar-refractivity contribution in [2.45, 2.75) is 26.4 Å². The SMILES string of the molecule is CCC(CP(C)(=O)O)C(C#N)OC(C)=O. The molecule has 0 spiro atoms.